The number of imide groups is 1. The highest BCUT2D eigenvalue weighted by atomic mass is 16.4. The van der Waals surface area contributed by atoms with Crippen LogP contribution in [0.4, 0.5) is 5.69 Å². The number of phenolic OH excluding ortho intramolecular Hbond substituents is 1. The molecule has 9 heteroatoms. The zero-order chi connectivity index (χ0) is 29.8. The number of allylic oxidation sites excluding steroid dienone is 2. The molecule has 218 valence electrons. The van der Waals surface area contributed by atoms with Gasteiger partial charge in [0.05, 0.1) is 30.2 Å². The number of amides is 2. The molecule has 2 aromatic carbocycles. The molecular weight excluding hydrogens is 521 g/mol. The van der Waals surface area contributed by atoms with Crippen LogP contribution in [0, 0.1) is 23.7 Å². The second kappa shape index (κ2) is 13.2. The van der Waals surface area contributed by atoms with E-state index in [4.69, 9.17) is 0 Å². The summed E-state index contributed by atoms with van der Waals surface area (Å²) < 4.78 is 0. The van der Waals surface area contributed by atoms with Gasteiger partial charge in [-0.3, -0.25) is 14.5 Å². The maximum absolute atomic E-state index is 13.8. The minimum atomic E-state index is -1.74. The molecule has 0 bridgehead atoms. The Labute approximate surface area is 241 Å². The van der Waals surface area contributed by atoms with Gasteiger partial charge in [0.2, 0.25) is 11.8 Å². The summed E-state index contributed by atoms with van der Waals surface area (Å²) in [7, 11) is -1.74. The molecule has 0 spiro atoms. The van der Waals surface area contributed by atoms with Gasteiger partial charge < -0.3 is 25.4 Å². The van der Waals surface area contributed by atoms with Gasteiger partial charge in [0.25, 0.3) is 0 Å². The third-order valence-corrected chi connectivity index (χ3v) is 8.37. The fourth-order valence-electron chi connectivity index (χ4n) is 6.40. The number of fused-ring (bicyclic) bond motifs is 1. The van der Waals surface area contributed by atoms with Crippen LogP contribution >= 0.6 is 0 Å². The summed E-state index contributed by atoms with van der Waals surface area (Å²) in [6.45, 7) is 5.70. The van der Waals surface area contributed by atoms with Crippen LogP contribution in [0.1, 0.15) is 58.4 Å². The van der Waals surface area contributed by atoms with Gasteiger partial charge in [0, 0.05) is 5.92 Å². The molecule has 0 unspecified atom stereocenters. The van der Waals surface area contributed by atoms with Crippen molar-refractivity contribution in [3.05, 3.63) is 70.8 Å². The van der Waals surface area contributed by atoms with Crippen molar-refractivity contribution in [2.45, 2.75) is 59.0 Å². The molecule has 1 fully saturated rings. The number of nitrogens with zero attached hydrogens (tertiary/aromatic N) is 1. The van der Waals surface area contributed by atoms with Gasteiger partial charge in [0.1, 0.15) is 5.75 Å². The standard InChI is InChI=1S/C32H40BNO7/c1-4-6-20(15-21-9-12-24(36)13-10-21)11-14-28(37)29-25(19(2)3)17-26-30(27(29)18-35)32(39)34(31(26)38)23-8-5-7-22(16-23)33(40)41/h5,7-10,12-13,15-16,19,26-28,30,35-37,40-41H,4,6,11,14,17-18H2,1-3H3/b20-15+/t26-,27+,28-,30-/m1/s1. The first-order valence-electron chi connectivity index (χ1n) is 14.4. The number of anilines is 1. The van der Waals surface area contributed by atoms with E-state index in [2.05, 4.69) is 13.0 Å². The van der Waals surface area contributed by atoms with E-state index in [1.165, 1.54) is 12.1 Å². The molecule has 1 saturated heterocycles. The van der Waals surface area contributed by atoms with Crippen molar-refractivity contribution in [1.82, 2.24) is 0 Å². The van der Waals surface area contributed by atoms with E-state index in [1.54, 1.807) is 24.3 Å². The van der Waals surface area contributed by atoms with Crippen molar-refractivity contribution in [3.63, 3.8) is 0 Å². The monoisotopic (exact) mass is 561 g/mol. The molecular formula is C32H40BNO7. The van der Waals surface area contributed by atoms with Gasteiger partial charge in [-0.05, 0) is 72.5 Å². The van der Waals surface area contributed by atoms with Gasteiger partial charge in [-0.15, -0.1) is 0 Å². The molecule has 4 atom stereocenters. The van der Waals surface area contributed by atoms with Crippen LogP contribution in [-0.2, 0) is 9.59 Å². The van der Waals surface area contributed by atoms with Crippen LogP contribution in [0.5, 0.6) is 5.75 Å². The first-order chi connectivity index (χ1) is 19.6. The average Bonchev–Trinajstić information content (AvgIpc) is 3.20. The summed E-state index contributed by atoms with van der Waals surface area (Å²) in [5.74, 6) is -2.81. The number of benzene rings is 2. The second-order valence-electron chi connectivity index (χ2n) is 11.4. The predicted molar refractivity (Wildman–Crippen MR) is 159 cm³/mol. The normalized spacial score (nSPS) is 22.0. The Morgan fingerprint density at radius 2 is 1.78 bits per heavy atom. The van der Waals surface area contributed by atoms with E-state index in [9.17, 15) is 35.0 Å². The van der Waals surface area contributed by atoms with Crippen molar-refractivity contribution >= 4 is 36.2 Å². The van der Waals surface area contributed by atoms with Gasteiger partial charge in [-0.25, -0.2) is 0 Å². The maximum Gasteiger partial charge on any atom is 0.488 e. The highest BCUT2D eigenvalue weighted by Crippen LogP contribution is 2.48. The number of aliphatic hydroxyl groups excluding tert-OH is 2. The van der Waals surface area contributed by atoms with Gasteiger partial charge in [0.15, 0.2) is 0 Å². The van der Waals surface area contributed by atoms with Crippen LogP contribution in [-0.4, -0.2) is 57.0 Å². The molecule has 2 aromatic rings. The first kappa shape index (κ1) is 30.7. The molecule has 1 aliphatic heterocycles. The average molecular weight is 561 g/mol. The molecule has 1 aliphatic carbocycles. The Balaban J connectivity index is 1.62. The number of hydrogen-bond acceptors (Lipinski definition) is 7. The summed E-state index contributed by atoms with van der Waals surface area (Å²) in [4.78, 5) is 28.5. The summed E-state index contributed by atoms with van der Waals surface area (Å²) in [5.41, 5.74) is 4.10. The van der Waals surface area contributed by atoms with Crippen LogP contribution in [0.15, 0.2) is 65.3 Å². The molecule has 2 aliphatic rings. The number of rotatable bonds is 11. The lowest BCUT2D eigenvalue weighted by Gasteiger charge is -2.38. The lowest BCUT2D eigenvalue weighted by molar-refractivity contribution is -0.123. The van der Waals surface area contributed by atoms with Crippen molar-refractivity contribution in [2.75, 3.05) is 11.5 Å². The molecule has 8 nitrogen and oxygen atoms in total. The maximum atomic E-state index is 13.8. The predicted octanol–water partition coefficient (Wildman–Crippen LogP) is 3.17. The Hall–Kier alpha value is -3.24. The summed E-state index contributed by atoms with van der Waals surface area (Å²) >= 11 is 0. The minimum Gasteiger partial charge on any atom is -0.508 e. The zero-order valence-corrected chi connectivity index (χ0v) is 23.9. The van der Waals surface area contributed by atoms with Crippen molar-refractivity contribution in [2.24, 2.45) is 23.7 Å². The Morgan fingerprint density at radius 1 is 1.07 bits per heavy atom. The molecule has 1 heterocycles. The van der Waals surface area contributed by atoms with E-state index >= 15 is 0 Å². The van der Waals surface area contributed by atoms with E-state index in [0.29, 0.717) is 24.8 Å². The van der Waals surface area contributed by atoms with E-state index in [1.807, 2.05) is 26.0 Å². The third kappa shape index (κ3) is 6.49. The molecule has 0 radical (unpaired) electrons. The Bertz CT molecular complexity index is 1320. The minimum absolute atomic E-state index is 0.00196. The molecule has 5 N–H and O–H groups in total. The van der Waals surface area contributed by atoms with Crippen molar-refractivity contribution < 1.29 is 35.0 Å². The highest BCUT2D eigenvalue weighted by Gasteiger charge is 2.55. The zero-order valence-electron chi connectivity index (χ0n) is 23.9. The Kier molecular flexibility index (Phi) is 9.86. The third-order valence-electron chi connectivity index (χ3n) is 8.37. The Morgan fingerprint density at radius 3 is 2.39 bits per heavy atom. The second-order valence-corrected chi connectivity index (χ2v) is 11.4. The van der Waals surface area contributed by atoms with Crippen LogP contribution in [0.2, 0.25) is 0 Å². The van der Waals surface area contributed by atoms with E-state index in [-0.39, 0.29) is 35.3 Å². The lowest BCUT2D eigenvalue weighted by atomic mass is 9.66. The summed E-state index contributed by atoms with van der Waals surface area (Å²) in [6, 6.07) is 13.0. The molecule has 2 amide bonds. The molecule has 0 saturated carbocycles. The highest BCUT2D eigenvalue weighted by molar-refractivity contribution is 6.58. The number of carbonyl (C=O) groups excluding carboxylic acids is 2. The number of carbonyl (C=O) groups is 2. The summed E-state index contributed by atoms with van der Waals surface area (Å²) in [5, 5.41) is 51.0. The number of phenols is 1. The molecule has 0 aromatic heterocycles. The summed E-state index contributed by atoms with van der Waals surface area (Å²) in [6.07, 6.45) is 4.31. The van der Waals surface area contributed by atoms with Crippen LogP contribution < -0.4 is 10.4 Å². The quantitative estimate of drug-likeness (QED) is 0.161. The molecule has 4 rings (SSSR count). The van der Waals surface area contributed by atoms with Gasteiger partial charge in [-0.2, -0.15) is 0 Å². The fourth-order valence-corrected chi connectivity index (χ4v) is 6.40. The molecule has 41 heavy (non-hydrogen) atoms. The van der Waals surface area contributed by atoms with Crippen LogP contribution in [0.3, 0.4) is 0 Å². The topological polar surface area (TPSA) is 139 Å². The fraction of sp³-hybridized carbons (Fsp3) is 0.438. The smallest absolute Gasteiger partial charge is 0.488 e. The SMILES string of the molecule is CCC/C(=C\c1ccc(O)cc1)CC[C@@H](O)C1=C(C(C)C)C[C@H]2C(=O)N(c3cccc(B(O)O)c3)C(=O)[C@H]2[C@H]1CO. The van der Waals surface area contributed by atoms with Crippen molar-refractivity contribution in [3.8, 4) is 5.75 Å². The largest absolute Gasteiger partial charge is 0.508 e. The van der Waals surface area contributed by atoms with Gasteiger partial charge >= 0.3 is 7.12 Å². The number of aliphatic hydroxyl groups is 2. The number of aromatic hydroxyl groups is 1. The van der Waals surface area contributed by atoms with Crippen LogP contribution in [0.25, 0.3) is 6.08 Å². The van der Waals surface area contributed by atoms with Crippen molar-refractivity contribution in [1.29, 1.82) is 0 Å². The van der Waals surface area contributed by atoms with E-state index < -0.39 is 36.9 Å². The van der Waals surface area contributed by atoms with E-state index in [0.717, 1.165) is 34.5 Å². The lowest BCUT2D eigenvalue weighted by Crippen LogP contribution is -2.40. The van der Waals surface area contributed by atoms with Gasteiger partial charge in [-0.1, -0.05) is 68.7 Å². The number of hydrogen-bond donors (Lipinski definition) is 5. The first-order valence-corrected chi connectivity index (χ1v) is 14.4.